The fourth-order valence-corrected chi connectivity index (χ4v) is 2.11. The summed E-state index contributed by atoms with van der Waals surface area (Å²) >= 11 is 0. The number of methoxy groups -OCH3 is 1. The molecule has 0 aliphatic carbocycles. The molecule has 0 fully saturated rings. The molecular weight excluding hydrogens is 415 g/mol. The summed E-state index contributed by atoms with van der Waals surface area (Å²) in [5.41, 5.74) is 2.22. The number of nitrogens with zero attached hydrogens (tertiary/aromatic N) is 2. The first-order valence-electron chi connectivity index (χ1n) is 7.87. The highest BCUT2D eigenvalue weighted by Gasteiger charge is 1.99. The first kappa shape index (κ1) is 20.2. The second-order valence-electron chi connectivity index (χ2n) is 5.04. The normalized spacial score (nSPS) is 10.7. The molecule has 1 aromatic carbocycles. The van der Waals surface area contributed by atoms with E-state index in [4.69, 9.17) is 4.74 Å². The summed E-state index contributed by atoms with van der Waals surface area (Å²) in [6.45, 7) is 4.27. The van der Waals surface area contributed by atoms with E-state index in [1.807, 2.05) is 30.3 Å². The number of hydrogen-bond donors (Lipinski definition) is 2. The van der Waals surface area contributed by atoms with E-state index in [1.165, 1.54) is 5.56 Å². The number of hydrogen-bond acceptors (Lipinski definition) is 3. The van der Waals surface area contributed by atoms with Crippen molar-refractivity contribution in [3.8, 4) is 5.75 Å². The van der Waals surface area contributed by atoms with Gasteiger partial charge in [-0.1, -0.05) is 18.2 Å². The molecule has 24 heavy (non-hydrogen) atoms. The summed E-state index contributed by atoms with van der Waals surface area (Å²) in [7, 11) is 1.68. The Bertz CT molecular complexity index is 602. The molecule has 0 atom stereocenters. The lowest BCUT2D eigenvalue weighted by Gasteiger charge is -2.11. The van der Waals surface area contributed by atoms with E-state index >= 15 is 0 Å². The summed E-state index contributed by atoms with van der Waals surface area (Å²) in [5, 5.41) is 6.60. The van der Waals surface area contributed by atoms with Gasteiger partial charge in [-0.15, -0.1) is 24.0 Å². The van der Waals surface area contributed by atoms with Crippen LogP contribution in [-0.4, -0.2) is 31.1 Å². The molecule has 130 valence electrons. The molecular formula is C18H25IN4O. The number of aliphatic imine (C=N–C) groups is 1. The zero-order chi connectivity index (χ0) is 16.3. The van der Waals surface area contributed by atoms with Crippen LogP contribution in [0.2, 0.25) is 0 Å². The van der Waals surface area contributed by atoms with Crippen LogP contribution in [0, 0.1) is 0 Å². The first-order chi connectivity index (χ1) is 11.3. The summed E-state index contributed by atoms with van der Waals surface area (Å²) in [6, 6.07) is 14.0. The van der Waals surface area contributed by atoms with Gasteiger partial charge in [0.2, 0.25) is 0 Å². The van der Waals surface area contributed by atoms with Gasteiger partial charge in [0.25, 0.3) is 0 Å². The zero-order valence-corrected chi connectivity index (χ0v) is 16.5. The van der Waals surface area contributed by atoms with Gasteiger partial charge in [-0.3, -0.25) is 4.98 Å². The van der Waals surface area contributed by atoms with E-state index in [0.717, 1.165) is 36.9 Å². The smallest absolute Gasteiger partial charge is 0.191 e. The van der Waals surface area contributed by atoms with Gasteiger partial charge in [-0.2, -0.15) is 0 Å². The van der Waals surface area contributed by atoms with Crippen molar-refractivity contribution >= 4 is 29.9 Å². The highest BCUT2D eigenvalue weighted by molar-refractivity contribution is 14.0. The van der Waals surface area contributed by atoms with Crippen LogP contribution in [0.25, 0.3) is 0 Å². The average Bonchev–Trinajstić information content (AvgIpc) is 2.61. The number of pyridine rings is 1. The minimum atomic E-state index is 0. The highest BCUT2D eigenvalue weighted by Crippen LogP contribution is 2.11. The molecule has 0 aliphatic rings. The van der Waals surface area contributed by atoms with Crippen LogP contribution in [-0.2, 0) is 13.0 Å². The van der Waals surface area contributed by atoms with Gasteiger partial charge in [-0.25, -0.2) is 4.99 Å². The van der Waals surface area contributed by atoms with Crippen LogP contribution < -0.4 is 15.4 Å². The minimum Gasteiger partial charge on any atom is -0.497 e. The fourth-order valence-electron chi connectivity index (χ4n) is 2.11. The van der Waals surface area contributed by atoms with E-state index in [1.54, 1.807) is 13.3 Å². The molecule has 1 heterocycles. The number of nitrogens with one attached hydrogen (secondary N) is 2. The Morgan fingerprint density at radius 2 is 1.92 bits per heavy atom. The van der Waals surface area contributed by atoms with Crippen molar-refractivity contribution < 1.29 is 4.74 Å². The maximum atomic E-state index is 5.17. The standard InChI is InChI=1S/C18H24N4O.HI/c1-3-19-18(22-14-16-6-4-5-12-20-16)21-13-11-15-7-9-17(23-2)10-8-15;/h4-10,12H,3,11,13-14H2,1-2H3,(H2,19,21,22);1H. The fraction of sp³-hybridized carbons (Fsp3) is 0.333. The third kappa shape index (κ3) is 7.16. The first-order valence-corrected chi connectivity index (χ1v) is 7.87. The molecule has 0 aliphatic heterocycles. The molecule has 6 heteroatoms. The molecule has 0 bridgehead atoms. The maximum absolute atomic E-state index is 5.17. The lowest BCUT2D eigenvalue weighted by Crippen LogP contribution is -2.38. The Balaban J connectivity index is 0.00000288. The van der Waals surface area contributed by atoms with Crippen LogP contribution in [0.4, 0.5) is 0 Å². The average molecular weight is 440 g/mol. The molecule has 0 radical (unpaired) electrons. The molecule has 0 saturated carbocycles. The van der Waals surface area contributed by atoms with Crippen molar-refractivity contribution in [2.24, 2.45) is 4.99 Å². The van der Waals surface area contributed by atoms with Crippen LogP contribution in [0.1, 0.15) is 18.2 Å². The highest BCUT2D eigenvalue weighted by atomic mass is 127. The van der Waals surface area contributed by atoms with Crippen molar-refractivity contribution in [2.75, 3.05) is 20.2 Å². The minimum absolute atomic E-state index is 0. The Hall–Kier alpha value is -1.83. The Morgan fingerprint density at radius 3 is 2.54 bits per heavy atom. The Kier molecular flexibility index (Phi) is 9.83. The monoisotopic (exact) mass is 440 g/mol. The van der Waals surface area contributed by atoms with Crippen LogP contribution in [0.3, 0.4) is 0 Å². The lowest BCUT2D eigenvalue weighted by molar-refractivity contribution is 0.414. The predicted molar refractivity (Wildman–Crippen MR) is 109 cm³/mol. The molecule has 0 unspecified atom stereocenters. The van der Waals surface area contributed by atoms with Crippen LogP contribution in [0.15, 0.2) is 53.7 Å². The summed E-state index contributed by atoms with van der Waals surface area (Å²) < 4.78 is 5.17. The van der Waals surface area contributed by atoms with Gasteiger partial charge in [0.15, 0.2) is 5.96 Å². The Morgan fingerprint density at radius 1 is 1.12 bits per heavy atom. The molecule has 2 N–H and O–H groups in total. The van der Waals surface area contributed by atoms with E-state index in [9.17, 15) is 0 Å². The number of benzene rings is 1. The SMILES string of the molecule is CCNC(=NCc1ccccn1)NCCc1ccc(OC)cc1.I. The molecule has 2 rings (SSSR count). The van der Waals surface area contributed by atoms with Crippen LogP contribution >= 0.6 is 24.0 Å². The third-order valence-corrected chi connectivity index (χ3v) is 3.33. The van der Waals surface area contributed by atoms with E-state index < -0.39 is 0 Å². The Labute approximate surface area is 161 Å². The van der Waals surface area contributed by atoms with E-state index in [2.05, 4.69) is 39.7 Å². The van der Waals surface area contributed by atoms with Crippen molar-refractivity contribution in [2.45, 2.75) is 19.9 Å². The second-order valence-corrected chi connectivity index (χ2v) is 5.04. The number of rotatable bonds is 7. The van der Waals surface area contributed by atoms with Gasteiger partial charge in [0.1, 0.15) is 5.75 Å². The lowest BCUT2D eigenvalue weighted by atomic mass is 10.1. The largest absolute Gasteiger partial charge is 0.497 e. The number of halogens is 1. The van der Waals surface area contributed by atoms with Crippen molar-refractivity contribution in [3.05, 3.63) is 59.9 Å². The zero-order valence-electron chi connectivity index (χ0n) is 14.2. The molecule has 0 amide bonds. The molecule has 1 aromatic heterocycles. The maximum Gasteiger partial charge on any atom is 0.191 e. The second kappa shape index (κ2) is 11.7. The van der Waals surface area contributed by atoms with Gasteiger partial charge in [0.05, 0.1) is 19.3 Å². The molecule has 0 spiro atoms. The summed E-state index contributed by atoms with van der Waals surface area (Å²) in [4.78, 5) is 8.83. The summed E-state index contributed by atoms with van der Waals surface area (Å²) in [6.07, 6.45) is 2.72. The van der Waals surface area contributed by atoms with Gasteiger partial charge in [0, 0.05) is 19.3 Å². The van der Waals surface area contributed by atoms with Crippen molar-refractivity contribution in [1.29, 1.82) is 0 Å². The molecule has 2 aromatic rings. The van der Waals surface area contributed by atoms with E-state index in [0.29, 0.717) is 6.54 Å². The van der Waals surface area contributed by atoms with Crippen LogP contribution in [0.5, 0.6) is 5.75 Å². The van der Waals surface area contributed by atoms with Gasteiger partial charge >= 0.3 is 0 Å². The molecule has 0 saturated heterocycles. The number of guanidine groups is 1. The molecule has 5 nitrogen and oxygen atoms in total. The van der Waals surface area contributed by atoms with Crippen molar-refractivity contribution in [3.63, 3.8) is 0 Å². The number of aromatic nitrogens is 1. The topological polar surface area (TPSA) is 58.5 Å². The number of ether oxygens (including phenoxy) is 1. The van der Waals surface area contributed by atoms with E-state index in [-0.39, 0.29) is 24.0 Å². The van der Waals surface area contributed by atoms with Gasteiger partial charge in [-0.05, 0) is 43.2 Å². The predicted octanol–water partition coefficient (Wildman–Crippen LogP) is 3.01. The third-order valence-electron chi connectivity index (χ3n) is 3.33. The quantitative estimate of drug-likeness (QED) is 0.395. The summed E-state index contributed by atoms with van der Waals surface area (Å²) in [5.74, 6) is 1.69. The van der Waals surface area contributed by atoms with Crippen molar-refractivity contribution in [1.82, 2.24) is 15.6 Å². The van der Waals surface area contributed by atoms with Gasteiger partial charge < -0.3 is 15.4 Å².